The van der Waals surface area contributed by atoms with Crippen LogP contribution in [0, 0.1) is 71.2 Å². The van der Waals surface area contributed by atoms with Gasteiger partial charge >= 0.3 is 0 Å². The van der Waals surface area contributed by atoms with Gasteiger partial charge < -0.3 is 11.0 Å². The first kappa shape index (κ1) is 33.3. The summed E-state index contributed by atoms with van der Waals surface area (Å²) in [5.41, 5.74) is 0. The Labute approximate surface area is 80.5 Å². The van der Waals surface area contributed by atoms with Crippen LogP contribution in [0.25, 0.3) is 0 Å². The predicted octanol–water partition coefficient (Wildman–Crippen LogP) is -1.65. The fourth-order valence-corrected chi connectivity index (χ4v) is 0. The molecule has 0 saturated heterocycles. The van der Waals surface area contributed by atoms with E-state index in [1.54, 1.807) is 0 Å². The largest absolute Gasteiger partial charge is 0.412 e. The Morgan fingerprint density at radius 2 is 0.500 bits per heavy atom. The van der Waals surface area contributed by atoms with Gasteiger partial charge in [0.2, 0.25) is 0 Å². The maximum atomic E-state index is 0. The van der Waals surface area contributed by atoms with Gasteiger partial charge in [-0.3, -0.25) is 0 Å². The summed E-state index contributed by atoms with van der Waals surface area (Å²) in [4.78, 5) is 0. The monoisotopic (exact) mass is 314 g/mol. The molecule has 4 N–H and O–H groups in total. The molecule has 0 spiro atoms. The van der Waals surface area contributed by atoms with Gasteiger partial charge in [-0.15, -0.1) is 0 Å². The van der Waals surface area contributed by atoms with E-state index in [1.165, 1.54) is 0 Å². The average molecular weight is 314 g/mol. The molecular weight excluding hydrogens is 310 g/mol. The van der Waals surface area contributed by atoms with Crippen molar-refractivity contribution >= 4 is 0 Å². The van der Waals surface area contributed by atoms with Crippen LogP contribution in [0.15, 0.2) is 0 Å². The molecule has 2 nitrogen and oxygen atoms in total. The van der Waals surface area contributed by atoms with Crippen LogP contribution in [0.3, 0.4) is 0 Å². The van der Waals surface area contributed by atoms with Crippen LogP contribution < -0.4 is 0 Å². The molecule has 0 aromatic heterocycles. The Kier molecular flexibility index (Phi) is 154. The standard InChI is InChI=1S/2La.2H2O/h;;2*1H2. The normalized spacial score (nSPS) is 0. The summed E-state index contributed by atoms with van der Waals surface area (Å²) >= 11 is 0. The molecule has 22 valence electrons. The summed E-state index contributed by atoms with van der Waals surface area (Å²) in [6, 6.07) is 0. The summed E-state index contributed by atoms with van der Waals surface area (Å²) in [6.45, 7) is 0. The van der Waals surface area contributed by atoms with Gasteiger partial charge in [-0.25, -0.2) is 0 Å². The minimum Gasteiger partial charge on any atom is -0.412 e. The van der Waals surface area contributed by atoms with Gasteiger partial charge in [-0.2, -0.15) is 0 Å². The van der Waals surface area contributed by atoms with E-state index in [4.69, 9.17) is 0 Å². The van der Waals surface area contributed by atoms with Crippen molar-refractivity contribution in [3.05, 3.63) is 0 Å². The topological polar surface area (TPSA) is 63.0 Å². The fraction of sp³-hybridized carbons (Fsp3) is 0. The zero-order valence-corrected chi connectivity index (χ0v) is 9.41. The van der Waals surface area contributed by atoms with Gasteiger partial charge in [0.05, 0.1) is 0 Å². The van der Waals surface area contributed by atoms with Crippen molar-refractivity contribution in [2.24, 2.45) is 0 Å². The molecular formula is H4La2O2. The number of hydrogen-bond donors (Lipinski definition) is 0. The van der Waals surface area contributed by atoms with E-state index in [9.17, 15) is 0 Å². The molecule has 0 rings (SSSR count). The Bertz CT molecular complexity index is 4.00. The summed E-state index contributed by atoms with van der Waals surface area (Å²) in [6.07, 6.45) is 0. The maximum Gasteiger partial charge on any atom is 0 e. The van der Waals surface area contributed by atoms with E-state index < -0.39 is 0 Å². The third-order valence-corrected chi connectivity index (χ3v) is 0. The van der Waals surface area contributed by atoms with Gasteiger partial charge in [-0.1, -0.05) is 0 Å². The Morgan fingerprint density at radius 3 is 0.500 bits per heavy atom. The molecule has 4 heteroatoms. The summed E-state index contributed by atoms with van der Waals surface area (Å²) in [5, 5.41) is 0. The van der Waals surface area contributed by atoms with Crippen molar-refractivity contribution in [1.82, 2.24) is 0 Å². The molecule has 0 heterocycles. The van der Waals surface area contributed by atoms with Crippen molar-refractivity contribution < 1.29 is 82.2 Å². The molecule has 0 aliphatic rings. The second-order valence-corrected chi connectivity index (χ2v) is 0. The molecule has 0 atom stereocenters. The van der Waals surface area contributed by atoms with E-state index in [-0.39, 0.29) is 82.2 Å². The van der Waals surface area contributed by atoms with E-state index in [0.29, 0.717) is 0 Å². The summed E-state index contributed by atoms with van der Waals surface area (Å²) in [7, 11) is 0. The van der Waals surface area contributed by atoms with Crippen molar-refractivity contribution in [3.63, 3.8) is 0 Å². The van der Waals surface area contributed by atoms with E-state index in [1.807, 2.05) is 0 Å². The quantitative estimate of drug-likeness (QED) is 0.514. The molecule has 0 bridgehead atoms. The third kappa shape index (κ3) is 8.85. The van der Waals surface area contributed by atoms with Crippen LogP contribution in [0.1, 0.15) is 0 Å². The fourth-order valence-electron chi connectivity index (χ4n) is 0. The van der Waals surface area contributed by atoms with Gasteiger partial charge in [0, 0.05) is 71.2 Å². The number of rotatable bonds is 0. The Balaban J connectivity index is 0. The third-order valence-electron chi connectivity index (χ3n) is 0. The Hall–Kier alpha value is 2.31. The molecule has 0 aromatic carbocycles. The Morgan fingerprint density at radius 1 is 0.500 bits per heavy atom. The summed E-state index contributed by atoms with van der Waals surface area (Å²) < 4.78 is 0. The minimum atomic E-state index is 0. The van der Waals surface area contributed by atoms with Crippen LogP contribution in [0.4, 0.5) is 0 Å². The van der Waals surface area contributed by atoms with E-state index >= 15 is 0 Å². The SMILES string of the molecule is O.O.[La].[La]. The van der Waals surface area contributed by atoms with Crippen molar-refractivity contribution in [2.45, 2.75) is 0 Å². The maximum absolute atomic E-state index is 0. The average Bonchev–Trinajstić information content (AvgIpc) is 0. The second kappa shape index (κ2) is 18.5. The predicted molar refractivity (Wildman–Crippen MR) is 7.23 cm³/mol. The first-order valence-corrected chi connectivity index (χ1v) is 0. The zero-order valence-electron chi connectivity index (χ0n) is 2.15. The molecule has 2 radical (unpaired) electrons. The van der Waals surface area contributed by atoms with Crippen molar-refractivity contribution in [2.75, 3.05) is 0 Å². The first-order valence-electron chi connectivity index (χ1n) is 0. The molecule has 0 aromatic rings. The second-order valence-electron chi connectivity index (χ2n) is 0. The first-order chi connectivity index (χ1) is 0. The van der Waals surface area contributed by atoms with E-state index in [2.05, 4.69) is 0 Å². The van der Waals surface area contributed by atoms with Crippen LogP contribution in [-0.2, 0) is 0 Å². The van der Waals surface area contributed by atoms with Crippen LogP contribution >= 0.6 is 0 Å². The van der Waals surface area contributed by atoms with Crippen LogP contribution in [-0.4, -0.2) is 11.0 Å². The van der Waals surface area contributed by atoms with Gasteiger partial charge in [0.1, 0.15) is 0 Å². The van der Waals surface area contributed by atoms with Crippen molar-refractivity contribution in [3.8, 4) is 0 Å². The number of hydrogen-bond acceptors (Lipinski definition) is 0. The van der Waals surface area contributed by atoms with Gasteiger partial charge in [0.25, 0.3) is 0 Å². The zero-order chi connectivity index (χ0) is 0. The van der Waals surface area contributed by atoms with Gasteiger partial charge in [-0.05, 0) is 0 Å². The smallest absolute Gasteiger partial charge is 0 e. The molecule has 0 aliphatic carbocycles. The molecule has 0 unspecified atom stereocenters. The van der Waals surface area contributed by atoms with Crippen molar-refractivity contribution in [1.29, 1.82) is 0 Å². The molecule has 0 saturated carbocycles. The van der Waals surface area contributed by atoms with Crippen LogP contribution in [0.2, 0.25) is 0 Å². The van der Waals surface area contributed by atoms with Crippen LogP contribution in [0.5, 0.6) is 0 Å². The molecule has 0 fully saturated rings. The van der Waals surface area contributed by atoms with E-state index in [0.717, 1.165) is 0 Å². The van der Waals surface area contributed by atoms with Gasteiger partial charge in [0.15, 0.2) is 0 Å². The minimum absolute atomic E-state index is 0. The molecule has 4 heavy (non-hydrogen) atoms. The molecule has 0 aliphatic heterocycles. The summed E-state index contributed by atoms with van der Waals surface area (Å²) in [5.74, 6) is 0. The molecule has 0 amide bonds.